The van der Waals surface area contributed by atoms with Crippen molar-refractivity contribution in [1.29, 1.82) is 0 Å². The lowest BCUT2D eigenvalue weighted by Crippen LogP contribution is -1.99. The van der Waals surface area contributed by atoms with Crippen LogP contribution in [-0.2, 0) is 6.61 Å². The monoisotopic (exact) mass is 392 g/mol. The van der Waals surface area contributed by atoms with Crippen molar-refractivity contribution in [3.63, 3.8) is 0 Å². The lowest BCUT2D eigenvalue weighted by Gasteiger charge is -2.12. The largest absolute Gasteiger partial charge is 0.488 e. The van der Waals surface area contributed by atoms with Gasteiger partial charge in [0.15, 0.2) is 0 Å². The molecule has 0 aliphatic heterocycles. The maximum atomic E-state index is 10.7. The minimum absolute atomic E-state index is 0.178. The van der Waals surface area contributed by atoms with Crippen LogP contribution < -0.4 is 4.74 Å². The van der Waals surface area contributed by atoms with Gasteiger partial charge >= 0.3 is 0 Å². The van der Waals surface area contributed by atoms with E-state index in [0.29, 0.717) is 36.4 Å². The van der Waals surface area contributed by atoms with E-state index < -0.39 is 0 Å². The molecule has 0 heterocycles. The molecule has 6 heteroatoms. The summed E-state index contributed by atoms with van der Waals surface area (Å²) in [7, 11) is 0. The van der Waals surface area contributed by atoms with E-state index in [1.807, 2.05) is 0 Å². The van der Waals surface area contributed by atoms with Gasteiger partial charge in [0.05, 0.1) is 14.5 Å². The molecule has 0 spiro atoms. The number of ether oxygens (including phenoxy) is 1. The first kappa shape index (κ1) is 15.6. The smallest absolute Gasteiger partial charge is 0.150 e. The molecule has 0 fully saturated rings. The molecule has 2 aromatic rings. The van der Waals surface area contributed by atoms with Crippen molar-refractivity contribution in [2.75, 3.05) is 0 Å². The van der Waals surface area contributed by atoms with Crippen LogP contribution in [0.5, 0.6) is 5.75 Å². The molecule has 20 heavy (non-hydrogen) atoms. The highest BCUT2D eigenvalue weighted by Crippen LogP contribution is 2.33. The van der Waals surface area contributed by atoms with Crippen molar-refractivity contribution in [3.8, 4) is 5.75 Å². The fourth-order valence-electron chi connectivity index (χ4n) is 1.56. The minimum Gasteiger partial charge on any atom is -0.488 e. The van der Waals surface area contributed by atoms with E-state index in [2.05, 4.69) is 15.9 Å². The lowest BCUT2D eigenvalue weighted by molar-refractivity contribution is 0.112. The quantitative estimate of drug-likeness (QED) is 0.484. The lowest BCUT2D eigenvalue weighted by atomic mass is 10.2. The van der Waals surface area contributed by atoms with Gasteiger partial charge in [0.1, 0.15) is 18.6 Å². The Morgan fingerprint density at radius 1 is 1.10 bits per heavy atom. The first-order chi connectivity index (χ1) is 9.52. The third-order valence-corrected chi connectivity index (χ3v) is 4.42. The zero-order chi connectivity index (χ0) is 14.7. The zero-order valence-electron chi connectivity index (χ0n) is 10.00. The molecule has 2 aromatic carbocycles. The predicted octanol–water partition coefficient (Wildman–Crippen LogP) is 5.80. The number of hydrogen-bond donors (Lipinski definition) is 0. The molecule has 0 amide bonds. The van der Waals surface area contributed by atoms with Crippen molar-refractivity contribution in [2.24, 2.45) is 0 Å². The standard InChI is InChI=1S/C14H8BrCl3O2/c15-10-5-8(6-19)1-4-13(10)20-7-9-11(16)2-3-12(17)14(9)18/h1-6H,7H2. The summed E-state index contributed by atoms with van der Waals surface area (Å²) in [5.41, 5.74) is 1.18. The summed E-state index contributed by atoms with van der Waals surface area (Å²) < 4.78 is 6.33. The maximum Gasteiger partial charge on any atom is 0.150 e. The van der Waals surface area contributed by atoms with Gasteiger partial charge in [0.2, 0.25) is 0 Å². The number of benzene rings is 2. The van der Waals surface area contributed by atoms with E-state index in [-0.39, 0.29) is 6.61 Å². The highest BCUT2D eigenvalue weighted by molar-refractivity contribution is 9.10. The second-order valence-corrected chi connectivity index (χ2v) is 5.96. The molecule has 0 N–H and O–H groups in total. The molecule has 0 aromatic heterocycles. The van der Waals surface area contributed by atoms with Crippen molar-refractivity contribution >= 4 is 57.0 Å². The number of carbonyl (C=O) groups excluding carboxylic acids is 1. The fourth-order valence-corrected chi connectivity index (χ4v) is 2.73. The molecule has 2 rings (SSSR count). The highest BCUT2D eigenvalue weighted by atomic mass is 79.9. The fraction of sp³-hybridized carbons (Fsp3) is 0.0714. The summed E-state index contributed by atoms with van der Waals surface area (Å²) in [5, 5.41) is 1.28. The normalized spacial score (nSPS) is 10.4. The number of rotatable bonds is 4. The van der Waals surface area contributed by atoms with Gasteiger partial charge in [-0.15, -0.1) is 0 Å². The SMILES string of the molecule is O=Cc1ccc(OCc2c(Cl)ccc(Cl)c2Cl)c(Br)c1. The van der Waals surface area contributed by atoms with Crippen LogP contribution in [0.15, 0.2) is 34.8 Å². The average molecular weight is 394 g/mol. The van der Waals surface area contributed by atoms with Gasteiger partial charge in [-0.2, -0.15) is 0 Å². The summed E-state index contributed by atoms with van der Waals surface area (Å²) in [6, 6.07) is 8.32. The Balaban J connectivity index is 2.21. The topological polar surface area (TPSA) is 26.3 Å². The molecular formula is C14H8BrCl3O2. The van der Waals surface area contributed by atoms with Crippen LogP contribution in [0, 0.1) is 0 Å². The molecule has 0 saturated carbocycles. The van der Waals surface area contributed by atoms with Crippen molar-refractivity contribution in [3.05, 3.63) is 61.0 Å². The predicted molar refractivity (Wildman–Crippen MR) is 85.3 cm³/mol. The number of halogens is 4. The Kier molecular flexibility index (Phi) is 5.33. The number of aldehydes is 1. The van der Waals surface area contributed by atoms with Crippen LogP contribution in [0.25, 0.3) is 0 Å². The van der Waals surface area contributed by atoms with Crippen LogP contribution >= 0.6 is 50.7 Å². The zero-order valence-corrected chi connectivity index (χ0v) is 13.9. The summed E-state index contributed by atoms with van der Waals surface area (Å²) in [6.45, 7) is 0.178. The second-order valence-electron chi connectivity index (χ2n) is 3.92. The average Bonchev–Trinajstić information content (AvgIpc) is 2.44. The molecule has 0 aliphatic rings. The Bertz CT molecular complexity index is 659. The van der Waals surface area contributed by atoms with E-state index >= 15 is 0 Å². The third-order valence-electron chi connectivity index (χ3n) is 2.60. The van der Waals surface area contributed by atoms with E-state index in [1.54, 1.807) is 30.3 Å². The Hall–Kier alpha value is -0.740. The Labute approximate surface area is 139 Å². The molecule has 0 radical (unpaired) electrons. The van der Waals surface area contributed by atoms with Crippen LogP contribution in [-0.4, -0.2) is 6.29 Å². The van der Waals surface area contributed by atoms with Crippen molar-refractivity contribution in [1.82, 2.24) is 0 Å². The highest BCUT2D eigenvalue weighted by Gasteiger charge is 2.11. The van der Waals surface area contributed by atoms with Gasteiger partial charge in [0, 0.05) is 16.1 Å². The molecule has 0 unspecified atom stereocenters. The first-order valence-corrected chi connectivity index (χ1v) is 7.45. The van der Waals surface area contributed by atoms with Gasteiger partial charge in [0.25, 0.3) is 0 Å². The van der Waals surface area contributed by atoms with Crippen molar-refractivity contribution < 1.29 is 9.53 Å². The van der Waals surface area contributed by atoms with Gasteiger partial charge < -0.3 is 4.74 Å². The van der Waals surface area contributed by atoms with Crippen LogP contribution in [0.2, 0.25) is 15.1 Å². The summed E-state index contributed by atoms with van der Waals surface area (Å²) in [6.07, 6.45) is 0.763. The van der Waals surface area contributed by atoms with Crippen molar-refractivity contribution in [2.45, 2.75) is 6.61 Å². The summed E-state index contributed by atoms with van der Waals surface area (Å²) >= 11 is 21.5. The molecule has 104 valence electrons. The number of hydrogen-bond acceptors (Lipinski definition) is 2. The van der Waals surface area contributed by atoms with Gasteiger partial charge in [-0.1, -0.05) is 34.8 Å². The van der Waals surface area contributed by atoms with Crippen LogP contribution in [0.3, 0.4) is 0 Å². The first-order valence-electron chi connectivity index (χ1n) is 5.53. The van der Waals surface area contributed by atoms with Gasteiger partial charge in [-0.3, -0.25) is 4.79 Å². The van der Waals surface area contributed by atoms with E-state index in [9.17, 15) is 4.79 Å². The van der Waals surface area contributed by atoms with E-state index in [1.165, 1.54) is 0 Å². The molecular weight excluding hydrogens is 386 g/mol. The van der Waals surface area contributed by atoms with E-state index in [4.69, 9.17) is 39.5 Å². The van der Waals surface area contributed by atoms with Crippen LogP contribution in [0.1, 0.15) is 15.9 Å². The molecule has 0 atom stereocenters. The Morgan fingerprint density at radius 3 is 2.45 bits per heavy atom. The summed E-state index contributed by atoms with van der Waals surface area (Å²) in [4.78, 5) is 10.7. The maximum absolute atomic E-state index is 10.7. The summed E-state index contributed by atoms with van der Waals surface area (Å²) in [5.74, 6) is 0.586. The molecule has 0 aliphatic carbocycles. The molecule has 2 nitrogen and oxygen atoms in total. The second kappa shape index (κ2) is 6.81. The van der Waals surface area contributed by atoms with Gasteiger partial charge in [-0.25, -0.2) is 0 Å². The number of carbonyl (C=O) groups is 1. The third kappa shape index (κ3) is 3.47. The molecule has 0 saturated heterocycles. The van der Waals surface area contributed by atoms with Gasteiger partial charge in [-0.05, 0) is 46.3 Å². The molecule has 0 bridgehead atoms. The van der Waals surface area contributed by atoms with Crippen LogP contribution in [0.4, 0.5) is 0 Å². The van der Waals surface area contributed by atoms with E-state index in [0.717, 1.165) is 6.29 Å². The minimum atomic E-state index is 0.178. The Morgan fingerprint density at radius 2 is 1.80 bits per heavy atom.